The highest BCUT2D eigenvalue weighted by atomic mass is 32.2. The molecule has 0 aliphatic heterocycles. The zero-order valence-electron chi connectivity index (χ0n) is 18.2. The molecule has 2 unspecified atom stereocenters. The van der Waals surface area contributed by atoms with Crippen molar-refractivity contribution in [2.75, 3.05) is 17.3 Å². The number of carbonyl (C=O) groups is 1. The number of nitrogens with one attached hydrogen (secondary N) is 1. The summed E-state index contributed by atoms with van der Waals surface area (Å²) in [6.45, 7) is 3.13. The van der Waals surface area contributed by atoms with Gasteiger partial charge in [0.05, 0.1) is 34.1 Å². The van der Waals surface area contributed by atoms with Gasteiger partial charge in [0, 0.05) is 6.04 Å². The van der Waals surface area contributed by atoms with E-state index in [4.69, 9.17) is 10.00 Å². The Morgan fingerprint density at radius 3 is 2.21 bits per heavy atom. The van der Waals surface area contributed by atoms with Gasteiger partial charge in [-0.2, -0.15) is 5.26 Å². The molecule has 2 aromatic rings. The van der Waals surface area contributed by atoms with E-state index in [2.05, 4.69) is 5.32 Å². The van der Waals surface area contributed by atoms with Gasteiger partial charge in [-0.1, -0.05) is 19.1 Å². The normalized spacial score (nSPS) is 13.5. The van der Waals surface area contributed by atoms with Crippen LogP contribution in [-0.4, -0.2) is 46.2 Å². The van der Waals surface area contributed by atoms with Gasteiger partial charge >= 0.3 is 6.09 Å². The highest BCUT2D eigenvalue weighted by Crippen LogP contribution is 2.23. The lowest BCUT2D eigenvalue weighted by atomic mass is 10.1. The van der Waals surface area contributed by atoms with E-state index in [-0.39, 0.29) is 12.2 Å². The van der Waals surface area contributed by atoms with Crippen LogP contribution in [0.25, 0.3) is 0 Å². The molecule has 0 bridgehead atoms. The molecular formula is C22H25FN2O6S2. The lowest BCUT2D eigenvalue weighted by Crippen LogP contribution is -2.41. The number of hydrogen-bond donors (Lipinski definition) is 1. The van der Waals surface area contributed by atoms with Gasteiger partial charge in [-0.05, 0) is 55.3 Å². The minimum atomic E-state index is -3.82. The first-order valence-electron chi connectivity index (χ1n) is 10.1. The van der Waals surface area contributed by atoms with Crippen molar-refractivity contribution in [2.45, 2.75) is 31.6 Å². The van der Waals surface area contributed by atoms with Crippen LogP contribution in [0.2, 0.25) is 0 Å². The number of benzene rings is 2. The van der Waals surface area contributed by atoms with Crippen LogP contribution in [0.4, 0.5) is 9.18 Å². The maximum atomic E-state index is 12.9. The van der Waals surface area contributed by atoms with Gasteiger partial charge in [0.15, 0.2) is 19.7 Å². The minimum absolute atomic E-state index is 0.0921. The molecule has 8 nitrogen and oxygen atoms in total. The van der Waals surface area contributed by atoms with Crippen molar-refractivity contribution in [1.82, 2.24) is 5.32 Å². The van der Waals surface area contributed by atoms with Crippen LogP contribution in [0.3, 0.4) is 0 Å². The van der Waals surface area contributed by atoms with Crippen LogP contribution < -0.4 is 10.1 Å². The Balaban J connectivity index is 1.95. The van der Waals surface area contributed by atoms with Gasteiger partial charge in [-0.3, -0.25) is 0 Å². The highest BCUT2D eigenvalue weighted by Gasteiger charge is 2.27. The van der Waals surface area contributed by atoms with Crippen molar-refractivity contribution in [3.8, 4) is 11.8 Å². The van der Waals surface area contributed by atoms with Crippen molar-refractivity contribution in [3.63, 3.8) is 0 Å². The number of amides is 1. The highest BCUT2D eigenvalue weighted by molar-refractivity contribution is 7.95. The van der Waals surface area contributed by atoms with Gasteiger partial charge in [0.25, 0.3) is 0 Å². The van der Waals surface area contributed by atoms with E-state index in [1.807, 2.05) is 6.07 Å². The largest absolute Gasteiger partial charge is 0.412 e. The van der Waals surface area contributed by atoms with E-state index in [1.54, 1.807) is 6.92 Å². The summed E-state index contributed by atoms with van der Waals surface area (Å²) in [5.41, 5.74) is 0.852. The monoisotopic (exact) mass is 496 g/mol. The van der Waals surface area contributed by atoms with E-state index >= 15 is 0 Å². The van der Waals surface area contributed by atoms with Gasteiger partial charge in [-0.25, -0.2) is 26.0 Å². The lowest BCUT2D eigenvalue weighted by Gasteiger charge is -2.18. The summed E-state index contributed by atoms with van der Waals surface area (Å²) in [5, 5.41) is 10.3. The zero-order chi connectivity index (χ0) is 24.6. The Bertz CT molecular complexity index is 1210. The van der Waals surface area contributed by atoms with E-state index in [9.17, 15) is 26.0 Å². The molecular weight excluding hydrogens is 471 g/mol. The molecule has 0 aliphatic rings. The van der Waals surface area contributed by atoms with Crippen LogP contribution in [0.1, 0.15) is 36.6 Å². The Kier molecular flexibility index (Phi) is 8.96. The molecule has 0 saturated carbocycles. The summed E-state index contributed by atoms with van der Waals surface area (Å²) >= 11 is 0. The van der Waals surface area contributed by atoms with E-state index in [0.29, 0.717) is 11.1 Å². The van der Waals surface area contributed by atoms with Crippen molar-refractivity contribution in [1.29, 1.82) is 5.26 Å². The quantitative estimate of drug-likeness (QED) is 0.535. The predicted molar refractivity (Wildman–Crippen MR) is 122 cm³/mol. The van der Waals surface area contributed by atoms with Gasteiger partial charge < -0.3 is 10.1 Å². The van der Waals surface area contributed by atoms with Crippen LogP contribution in [0.5, 0.6) is 5.75 Å². The number of hydrogen-bond acceptors (Lipinski definition) is 7. The first kappa shape index (κ1) is 26.3. The number of rotatable bonds is 10. The third-order valence-corrected chi connectivity index (χ3v) is 9.14. The fourth-order valence-electron chi connectivity index (χ4n) is 2.91. The molecule has 2 rings (SSSR count). The first-order chi connectivity index (χ1) is 15.5. The molecule has 0 radical (unpaired) electrons. The molecule has 2 aromatic carbocycles. The standard InChI is InChI=1S/C22H25FN2O6S2/c1-3-20(25-22(26)31-21-10-8-19(23)9-11-21)15-32(27,28)12-13-33(29,30)16(2)18-6-4-17(14-24)5-7-18/h4-11,16,20H,3,12-13,15H2,1-2H3,(H,25,26). The summed E-state index contributed by atoms with van der Waals surface area (Å²) in [6.07, 6.45) is -0.628. The Labute approximate surface area is 193 Å². The number of nitriles is 1. The number of ether oxygens (including phenoxy) is 1. The van der Waals surface area contributed by atoms with Crippen molar-refractivity contribution < 1.29 is 30.8 Å². The van der Waals surface area contributed by atoms with E-state index in [0.717, 1.165) is 12.1 Å². The van der Waals surface area contributed by atoms with Crippen LogP contribution in [0, 0.1) is 17.1 Å². The topological polar surface area (TPSA) is 130 Å². The molecule has 33 heavy (non-hydrogen) atoms. The summed E-state index contributed by atoms with van der Waals surface area (Å²) in [5.74, 6) is -2.03. The Hall–Kier alpha value is -2.97. The summed E-state index contributed by atoms with van der Waals surface area (Å²) in [4.78, 5) is 12.0. The maximum absolute atomic E-state index is 12.9. The Morgan fingerprint density at radius 2 is 1.67 bits per heavy atom. The smallest absolute Gasteiger partial charge is 0.410 e. The van der Waals surface area contributed by atoms with Crippen molar-refractivity contribution in [3.05, 3.63) is 65.5 Å². The first-order valence-corrected chi connectivity index (χ1v) is 13.7. The molecule has 1 N–H and O–H groups in total. The SMILES string of the molecule is CCC(CS(=O)(=O)CCS(=O)(=O)C(C)c1ccc(C#N)cc1)NC(=O)Oc1ccc(F)cc1. The van der Waals surface area contributed by atoms with Crippen LogP contribution in [0.15, 0.2) is 48.5 Å². The summed E-state index contributed by atoms with van der Waals surface area (Å²) in [7, 11) is -7.60. The third-order valence-electron chi connectivity index (χ3n) is 5.02. The van der Waals surface area contributed by atoms with Gasteiger partial charge in [0.1, 0.15) is 11.6 Å². The summed E-state index contributed by atoms with van der Waals surface area (Å²) in [6, 6.07) is 12.0. The average molecular weight is 497 g/mol. The van der Waals surface area contributed by atoms with Crippen LogP contribution in [-0.2, 0) is 19.7 Å². The van der Waals surface area contributed by atoms with Gasteiger partial charge in [-0.15, -0.1) is 0 Å². The number of halogens is 1. The molecule has 178 valence electrons. The second kappa shape index (κ2) is 11.2. The van der Waals surface area contributed by atoms with Crippen LogP contribution >= 0.6 is 0 Å². The Morgan fingerprint density at radius 1 is 1.06 bits per heavy atom. The molecule has 2 atom stereocenters. The van der Waals surface area contributed by atoms with E-state index < -0.39 is 60.1 Å². The van der Waals surface area contributed by atoms with Crippen molar-refractivity contribution in [2.24, 2.45) is 0 Å². The molecule has 0 saturated heterocycles. The number of nitrogens with zero attached hydrogens (tertiary/aromatic N) is 1. The number of sulfone groups is 2. The zero-order valence-corrected chi connectivity index (χ0v) is 19.8. The van der Waals surface area contributed by atoms with Gasteiger partial charge in [0.2, 0.25) is 0 Å². The lowest BCUT2D eigenvalue weighted by molar-refractivity contribution is 0.196. The molecule has 1 amide bonds. The fraction of sp³-hybridized carbons (Fsp3) is 0.364. The second-order valence-electron chi connectivity index (χ2n) is 7.45. The fourth-order valence-corrected chi connectivity index (χ4v) is 6.88. The molecule has 0 fully saturated rings. The maximum Gasteiger partial charge on any atom is 0.412 e. The summed E-state index contributed by atoms with van der Waals surface area (Å²) < 4.78 is 68.3. The molecule has 11 heteroatoms. The average Bonchev–Trinajstić information content (AvgIpc) is 2.78. The van der Waals surface area contributed by atoms with E-state index in [1.165, 1.54) is 43.3 Å². The molecule has 0 spiro atoms. The molecule has 0 aromatic heterocycles. The second-order valence-corrected chi connectivity index (χ2v) is 12.1. The molecule has 0 aliphatic carbocycles. The third kappa shape index (κ3) is 8.14. The minimum Gasteiger partial charge on any atom is -0.410 e. The van der Waals surface area contributed by atoms with Crippen molar-refractivity contribution >= 4 is 25.8 Å². The predicted octanol–water partition coefficient (Wildman–Crippen LogP) is 3.16. The molecule has 0 heterocycles. The number of carbonyl (C=O) groups excluding carboxylic acids is 1.